The van der Waals surface area contributed by atoms with E-state index in [1.165, 1.54) is 7.11 Å². The molecule has 0 aromatic heterocycles. The van der Waals surface area contributed by atoms with Crippen LogP contribution in [0.25, 0.3) is 0 Å². The Morgan fingerprint density at radius 2 is 1.85 bits per heavy atom. The molecule has 0 aromatic rings. The topological polar surface area (TPSA) is 48.0 Å². The highest BCUT2D eigenvalue weighted by atomic mass is 16.5. The molecule has 1 atom stereocenters. The van der Waals surface area contributed by atoms with Gasteiger partial charge >= 0.3 is 5.97 Å². The molecule has 118 valence electrons. The van der Waals surface area contributed by atoms with E-state index in [1.54, 1.807) is 0 Å². The SMILES string of the molecule is CCNC(CN1CCN(CCN(C)C)CC1)C(=O)OC. The Bertz CT molecular complexity index is 278. The number of esters is 1. The quantitative estimate of drug-likeness (QED) is 0.597. The second kappa shape index (κ2) is 9.28. The van der Waals surface area contributed by atoms with E-state index in [0.717, 1.165) is 52.4 Å². The predicted molar refractivity (Wildman–Crippen MR) is 80.9 cm³/mol. The van der Waals surface area contributed by atoms with Crippen LogP contribution in [0.15, 0.2) is 0 Å². The molecule has 0 amide bonds. The molecule has 0 spiro atoms. The van der Waals surface area contributed by atoms with Crippen molar-refractivity contribution >= 4 is 5.97 Å². The van der Waals surface area contributed by atoms with Gasteiger partial charge in [0.15, 0.2) is 0 Å². The van der Waals surface area contributed by atoms with Crippen LogP contribution >= 0.6 is 0 Å². The first kappa shape index (κ1) is 17.4. The van der Waals surface area contributed by atoms with E-state index < -0.39 is 0 Å². The normalized spacial score (nSPS) is 19.2. The Balaban J connectivity index is 2.31. The van der Waals surface area contributed by atoms with Crippen LogP contribution in [0.2, 0.25) is 0 Å². The number of likely N-dealkylation sites (N-methyl/N-ethyl adjacent to an activating group) is 2. The number of ether oxygens (including phenoxy) is 1. The molecule has 0 aromatic carbocycles. The zero-order valence-corrected chi connectivity index (χ0v) is 13.4. The van der Waals surface area contributed by atoms with E-state index in [2.05, 4.69) is 34.1 Å². The number of hydrogen-bond donors (Lipinski definition) is 1. The van der Waals surface area contributed by atoms with Gasteiger partial charge in [0, 0.05) is 45.8 Å². The lowest BCUT2D eigenvalue weighted by Crippen LogP contribution is -2.53. The molecule has 1 saturated heterocycles. The minimum atomic E-state index is -0.210. The van der Waals surface area contributed by atoms with Crippen LogP contribution in [0.4, 0.5) is 0 Å². The van der Waals surface area contributed by atoms with Gasteiger partial charge in [-0.2, -0.15) is 0 Å². The molecule has 1 fully saturated rings. The summed E-state index contributed by atoms with van der Waals surface area (Å²) in [6.07, 6.45) is 0. The van der Waals surface area contributed by atoms with Crippen molar-refractivity contribution in [2.24, 2.45) is 0 Å². The summed E-state index contributed by atoms with van der Waals surface area (Å²) in [5.74, 6) is -0.165. The first-order valence-corrected chi connectivity index (χ1v) is 7.47. The fourth-order valence-corrected chi connectivity index (χ4v) is 2.41. The van der Waals surface area contributed by atoms with Crippen molar-refractivity contribution in [3.63, 3.8) is 0 Å². The Hall–Kier alpha value is -0.690. The van der Waals surface area contributed by atoms with Crippen molar-refractivity contribution in [1.82, 2.24) is 20.0 Å². The molecule has 6 heteroatoms. The number of rotatable bonds is 8. The second-order valence-electron chi connectivity index (χ2n) is 5.58. The van der Waals surface area contributed by atoms with Crippen LogP contribution in [0.1, 0.15) is 6.92 Å². The van der Waals surface area contributed by atoms with Gasteiger partial charge in [0.2, 0.25) is 0 Å². The zero-order chi connectivity index (χ0) is 15.0. The van der Waals surface area contributed by atoms with E-state index >= 15 is 0 Å². The smallest absolute Gasteiger partial charge is 0.324 e. The molecular formula is C14H30N4O2. The second-order valence-corrected chi connectivity index (χ2v) is 5.58. The highest BCUT2D eigenvalue weighted by molar-refractivity contribution is 5.75. The third-order valence-corrected chi connectivity index (χ3v) is 3.71. The summed E-state index contributed by atoms with van der Waals surface area (Å²) >= 11 is 0. The molecule has 20 heavy (non-hydrogen) atoms. The summed E-state index contributed by atoms with van der Waals surface area (Å²) in [7, 11) is 5.66. The van der Waals surface area contributed by atoms with Gasteiger partial charge in [-0.1, -0.05) is 6.92 Å². The summed E-state index contributed by atoms with van der Waals surface area (Å²) in [6, 6.07) is -0.210. The van der Waals surface area contributed by atoms with Gasteiger partial charge in [-0.05, 0) is 20.6 Å². The lowest BCUT2D eigenvalue weighted by Gasteiger charge is -2.36. The Morgan fingerprint density at radius 3 is 2.35 bits per heavy atom. The van der Waals surface area contributed by atoms with Crippen LogP contribution in [-0.2, 0) is 9.53 Å². The molecule has 6 nitrogen and oxygen atoms in total. The van der Waals surface area contributed by atoms with Crippen LogP contribution in [0.5, 0.6) is 0 Å². The summed E-state index contributed by atoms with van der Waals surface area (Å²) in [6.45, 7) is 9.94. The standard InChI is InChI=1S/C14H30N4O2/c1-5-15-13(14(19)20-4)12-18-10-8-17(9-11-18)7-6-16(2)3/h13,15H,5-12H2,1-4H3. The predicted octanol–water partition coefficient (Wildman–Crippen LogP) is -0.683. The zero-order valence-electron chi connectivity index (χ0n) is 13.4. The minimum absolute atomic E-state index is 0.165. The number of carbonyl (C=O) groups is 1. The molecule has 0 bridgehead atoms. The third kappa shape index (κ3) is 6.17. The number of carbonyl (C=O) groups excluding carboxylic acids is 1. The van der Waals surface area contributed by atoms with Gasteiger partial charge in [-0.15, -0.1) is 0 Å². The van der Waals surface area contributed by atoms with E-state index in [4.69, 9.17) is 4.74 Å². The molecule has 0 aliphatic carbocycles. The molecule has 0 radical (unpaired) electrons. The van der Waals surface area contributed by atoms with Gasteiger partial charge in [0.1, 0.15) is 6.04 Å². The molecule has 1 rings (SSSR count). The minimum Gasteiger partial charge on any atom is -0.468 e. The van der Waals surface area contributed by atoms with Gasteiger partial charge in [0.25, 0.3) is 0 Å². The Morgan fingerprint density at radius 1 is 1.25 bits per heavy atom. The van der Waals surface area contributed by atoms with Gasteiger partial charge < -0.3 is 15.0 Å². The highest BCUT2D eigenvalue weighted by Gasteiger charge is 2.24. The van der Waals surface area contributed by atoms with E-state index in [0.29, 0.717) is 0 Å². The van der Waals surface area contributed by atoms with E-state index in [-0.39, 0.29) is 12.0 Å². The summed E-state index contributed by atoms with van der Waals surface area (Å²) in [5, 5.41) is 3.20. The summed E-state index contributed by atoms with van der Waals surface area (Å²) < 4.78 is 4.85. The average Bonchev–Trinajstić information content (AvgIpc) is 2.45. The van der Waals surface area contributed by atoms with Crippen molar-refractivity contribution in [3.05, 3.63) is 0 Å². The van der Waals surface area contributed by atoms with Crippen molar-refractivity contribution in [2.75, 3.05) is 73.6 Å². The lowest BCUT2D eigenvalue weighted by atomic mass is 10.2. The maximum atomic E-state index is 11.7. The molecule has 1 heterocycles. The van der Waals surface area contributed by atoms with Gasteiger partial charge in [0.05, 0.1) is 7.11 Å². The maximum Gasteiger partial charge on any atom is 0.324 e. The number of methoxy groups -OCH3 is 1. The average molecular weight is 286 g/mol. The fraction of sp³-hybridized carbons (Fsp3) is 0.929. The van der Waals surface area contributed by atoms with Crippen LogP contribution in [0, 0.1) is 0 Å². The molecule has 0 saturated carbocycles. The van der Waals surface area contributed by atoms with E-state index in [1.807, 2.05) is 6.92 Å². The van der Waals surface area contributed by atoms with Crippen LogP contribution < -0.4 is 5.32 Å². The molecule has 1 unspecified atom stereocenters. The Labute approximate surface area is 123 Å². The molecule has 1 aliphatic rings. The van der Waals surface area contributed by atoms with Crippen molar-refractivity contribution in [2.45, 2.75) is 13.0 Å². The van der Waals surface area contributed by atoms with Crippen LogP contribution in [-0.4, -0.2) is 100 Å². The largest absolute Gasteiger partial charge is 0.468 e. The number of piperazine rings is 1. The molecular weight excluding hydrogens is 256 g/mol. The van der Waals surface area contributed by atoms with E-state index in [9.17, 15) is 4.79 Å². The molecule has 1 aliphatic heterocycles. The summed E-state index contributed by atoms with van der Waals surface area (Å²) in [4.78, 5) is 18.7. The summed E-state index contributed by atoms with van der Waals surface area (Å²) in [5.41, 5.74) is 0. The van der Waals surface area contributed by atoms with Crippen molar-refractivity contribution in [1.29, 1.82) is 0 Å². The van der Waals surface area contributed by atoms with Gasteiger partial charge in [-0.3, -0.25) is 14.6 Å². The highest BCUT2D eigenvalue weighted by Crippen LogP contribution is 2.03. The van der Waals surface area contributed by atoms with Crippen molar-refractivity contribution < 1.29 is 9.53 Å². The number of hydrogen-bond acceptors (Lipinski definition) is 6. The lowest BCUT2D eigenvalue weighted by molar-refractivity contribution is -0.143. The van der Waals surface area contributed by atoms with Gasteiger partial charge in [-0.25, -0.2) is 0 Å². The number of nitrogens with one attached hydrogen (secondary N) is 1. The number of nitrogens with zero attached hydrogens (tertiary/aromatic N) is 3. The third-order valence-electron chi connectivity index (χ3n) is 3.71. The molecule has 1 N–H and O–H groups in total. The fourth-order valence-electron chi connectivity index (χ4n) is 2.41. The van der Waals surface area contributed by atoms with Crippen LogP contribution in [0.3, 0.4) is 0 Å². The maximum absolute atomic E-state index is 11.7. The Kier molecular flexibility index (Phi) is 8.06. The first-order chi connectivity index (χ1) is 9.56. The first-order valence-electron chi connectivity index (χ1n) is 7.47. The van der Waals surface area contributed by atoms with Crippen molar-refractivity contribution in [3.8, 4) is 0 Å². The monoisotopic (exact) mass is 286 g/mol.